The molecule has 3 rings (SSSR count). The van der Waals surface area contributed by atoms with Gasteiger partial charge in [0, 0.05) is 6.61 Å². The van der Waals surface area contributed by atoms with Crippen molar-refractivity contribution in [2.45, 2.75) is 140 Å². The predicted molar refractivity (Wildman–Crippen MR) is 152 cm³/mol. The number of hydrogen-bond acceptors (Lipinski definition) is 8. The molecule has 228 valence electrons. The fourth-order valence-electron chi connectivity index (χ4n) is 5.56. The van der Waals surface area contributed by atoms with E-state index in [1.54, 1.807) is 52.8 Å². The summed E-state index contributed by atoms with van der Waals surface area (Å²) in [4.78, 5) is 12.9. The Kier molecular flexibility index (Phi) is 11.4. The van der Waals surface area contributed by atoms with Gasteiger partial charge in [-0.25, -0.2) is 17.9 Å². The molecule has 10 heteroatoms. The fourth-order valence-corrected chi connectivity index (χ4v) is 6.68. The summed E-state index contributed by atoms with van der Waals surface area (Å²) < 4.78 is 58.0. The van der Waals surface area contributed by atoms with Crippen molar-refractivity contribution in [2.75, 3.05) is 13.2 Å². The summed E-state index contributed by atoms with van der Waals surface area (Å²) >= 11 is 0. The average Bonchev–Trinajstić information content (AvgIpc) is 3.24. The number of rotatable bonds is 16. The molecule has 1 aromatic carbocycles. The van der Waals surface area contributed by atoms with Crippen LogP contribution in [0, 0.1) is 6.92 Å². The zero-order valence-electron chi connectivity index (χ0n) is 25.1. The number of aryl methyl sites for hydroxylation is 1. The highest BCUT2D eigenvalue weighted by molar-refractivity contribution is 7.90. The number of unbranched alkanes of at least 4 members (excludes halogenated alkanes) is 9. The highest BCUT2D eigenvalue weighted by Gasteiger charge is 2.71. The maximum Gasteiger partial charge on any atom is 0.421 e. The Labute approximate surface area is 240 Å². The molecule has 1 amide bonds. The van der Waals surface area contributed by atoms with Crippen LogP contribution in [0.4, 0.5) is 4.79 Å². The van der Waals surface area contributed by atoms with Crippen LogP contribution in [0.1, 0.15) is 104 Å². The first-order valence-corrected chi connectivity index (χ1v) is 16.3. The van der Waals surface area contributed by atoms with Crippen molar-refractivity contribution in [3.63, 3.8) is 0 Å². The molecule has 2 saturated heterocycles. The lowest BCUT2D eigenvalue weighted by Crippen LogP contribution is -2.54. The molecule has 0 bridgehead atoms. The molecule has 2 aliphatic heterocycles. The smallest absolute Gasteiger partial charge is 0.421 e. The van der Waals surface area contributed by atoms with Crippen molar-refractivity contribution in [3.05, 3.63) is 29.8 Å². The van der Waals surface area contributed by atoms with E-state index in [0.29, 0.717) is 12.2 Å². The van der Waals surface area contributed by atoms with Gasteiger partial charge in [0.05, 0.1) is 4.90 Å². The van der Waals surface area contributed by atoms with Crippen LogP contribution in [0.5, 0.6) is 0 Å². The zero-order chi connectivity index (χ0) is 29.4. The van der Waals surface area contributed by atoms with Gasteiger partial charge in [0.25, 0.3) is 10.0 Å². The molecule has 0 aromatic heterocycles. The number of nitrogens with one attached hydrogen (secondary N) is 1. The quantitative estimate of drug-likeness (QED) is 0.224. The summed E-state index contributed by atoms with van der Waals surface area (Å²) in [6, 6.07) is 6.41. The molecule has 0 spiro atoms. The second-order valence-corrected chi connectivity index (χ2v) is 13.4. The van der Waals surface area contributed by atoms with Gasteiger partial charge < -0.3 is 23.7 Å². The predicted octanol–water partition coefficient (Wildman–Crippen LogP) is 6.37. The molecule has 40 heavy (non-hydrogen) atoms. The Hall–Kier alpha value is -1.72. The van der Waals surface area contributed by atoms with Crippen LogP contribution < -0.4 is 4.72 Å². The van der Waals surface area contributed by atoms with E-state index in [2.05, 4.69) is 6.92 Å². The molecular weight excluding hydrogens is 534 g/mol. The number of carbonyl (C=O) groups excluding carboxylic acids is 1. The molecule has 0 aliphatic carbocycles. The van der Waals surface area contributed by atoms with Gasteiger partial charge in [-0.1, -0.05) is 82.9 Å². The van der Waals surface area contributed by atoms with Crippen LogP contribution >= 0.6 is 0 Å². The Morgan fingerprint density at radius 1 is 0.950 bits per heavy atom. The Balaban J connectivity index is 1.53. The molecule has 2 aliphatic rings. The van der Waals surface area contributed by atoms with Crippen LogP contribution in [0.3, 0.4) is 0 Å². The molecule has 2 fully saturated rings. The molecule has 9 nitrogen and oxygen atoms in total. The number of sulfonamides is 1. The molecule has 1 N–H and O–H groups in total. The third-order valence-electron chi connectivity index (χ3n) is 7.78. The van der Waals surface area contributed by atoms with Crippen LogP contribution in [0.15, 0.2) is 29.2 Å². The van der Waals surface area contributed by atoms with E-state index in [9.17, 15) is 13.2 Å². The van der Waals surface area contributed by atoms with E-state index < -0.39 is 45.5 Å². The van der Waals surface area contributed by atoms with Crippen LogP contribution in [0.2, 0.25) is 0 Å². The van der Waals surface area contributed by atoms with Crippen molar-refractivity contribution in [1.82, 2.24) is 4.72 Å². The largest absolute Gasteiger partial charge is 0.437 e. The van der Waals surface area contributed by atoms with Gasteiger partial charge in [0.15, 0.2) is 17.5 Å². The van der Waals surface area contributed by atoms with Crippen LogP contribution in [0.25, 0.3) is 0 Å². The second kappa shape index (κ2) is 14.0. The van der Waals surface area contributed by atoms with Gasteiger partial charge in [0.2, 0.25) is 5.79 Å². The summed E-state index contributed by atoms with van der Waals surface area (Å²) in [5.74, 6) is -2.30. The van der Waals surface area contributed by atoms with Crippen molar-refractivity contribution >= 4 is 16.1 Å². The summed E-state index contributed by atoms with van der Waals surface area (Å²) in [7, 11) is -4.13. The highest BCUT2D eigenvalue weighted by Crippen LogP contribution is 2.51. The van der Waals surface area contributed by atoms with Gasteiger partial charge in [0.1, 0.15) is 12.7 Å². The first-order valence-electron chi connectivity index (χ1n) is 14.8. The molecular formula is C30H49NO8S. The van der Waals surface area contributed by atoms with E-state index >= 15 is 0 Å². The summed E-state index contributed by atoms with van der Waals surface area (Å²) in [5, 5.41) is 0. The maximum atomic E-state index is 12.9. The molecule has 2 heterocycles. The van der Waals surface area contributed by atoms with E-state index in [1.165, 1.54) is 57.4 Å². The van der Waals surface area contributed by atoms with Crippen molar-refractivity contribution in [3.8, 4) is 0 Å². The number of amides is 1. The molecule has 1 aromatic rings. The number of fused-ring (bicyclic) bond motifs is 1. The van der Waals surface area contributed by atoms with Gasteiger partial charge in [-0.05, 0) is 52.7 Å². The minimum atomic E-state index is -4.13. The van der Waals surface area contributed by atoms with Gasteiger partial charge >= 0.3 is 6.09 Å². The average molecular weight is 584 g/mol. The lowest BCUT2D eigenvalue weighted by molar-refractivity contribution is -0.278. The monoisotopic (exact) mass is 583 g/mol. The Bertz CT molecular complexity index is 1080. The second-order valence-electron chi connectivity index (χ2n) is 11.8. The third-order valence-corrected chi connectivity index (χ3v) is 9.26. The normalized spacial score (nSPS) is 27.4. The van der Waals surface area contributed by atoms with Crippen molar-refractivity contribution in [2.24, 2.45) is 0 Å². The lowest BCUT2D eigenvalue weighted by Gasteiger charge is -2.33. The maximum absolute atomic E-state index is 12.9. The van der Waals surface area contributed by atoms with Crippen molar-refractivity contribution in [1.29, 1.82) is 0 Å². The van der Waals surface area contributed by atoms with Gasteiger partial charge in [-0.2, -0.15) is 0 Å². The summed E-state index contributed by atoms with van der Waals surface area (Å²) in [6.45, 7) is 11.5. The Morgan fingerprint density at radius 2 is 1.55 bits per heavy atom. The third kappa shape index (κ3) is 8.18. The molecule has 0 saturated carbocycles. The highest BCUT2D eigenvalue weighted by atomic mass is 32.2. The number of carbonyl (C=O) groups is 1. The first kappa shape index (κ1) is 32.8. The first-order chi connectivity index (χ1) is 18.9. The van der Waals surface area contributed by atoms with Crippen molar-refractivity contribution < 1.29 is 36.9 Å². The lowest BCUT2D eigenvalue weighted by atomic mass is 9.92. The van der Waals surface area contributed by atoms with E-state index in [0.717, 1.165) is 12.8 Å². The summed E-state index contributed by atoms with van der Waals surface area (Å²) in [6.07, 6.45) is 9.79. The minimum absolute atomic E-state index is 0.00382. The molecule has 4 atom stereocenters. The van der Waals surface area contributed by atoms with E-state index in [4.69, 9.17) is 23.7 Å². The van der Waals surface area contributed by atoms with Gasteiger partial charge in [-0.3, -0.25) is 0 Å². The SMILES string of the molecule is CCCCCCCCCCCCOC[C@@]12O[C@@H](C)C(C)(OC(=O)NS(=O)(=O)c3ccccc3C)[C@@H]1OC(C)(C)O2. The zero-order valence-corrected chi connectivity index (χ0v) is 25.9. The number of benzene rings is 1. The topological polar surface area (TPSA) is 109 Å². The van der Waals surface area contributed by atoms with E-state index in [-0.39, 0.29) is 11.5 Å². The van der Waals surface area contributed by atoms with Gasteiger partial charge in [-0.15, -0.1) is 0 Å². The van der Waals surface area contributed by atoms with E-state index in [1.807, 2.05) is 4.72 Å². The molecule has 0 radical (unpaired) electrons. The standard InChI is InChI=1S/C30H49NO8S/c1-7-8-9-10-11-12-13-14-15-18-21-35-22-30-26(37-28(4,5)39-30)29(6,24(3)36-30)38-27(32)31-40(33,34)25-20-17-16-19-23(25)2/h16-17,19-20,24,26H,7-15,18,21-22H2,1-6H3,(H,31,32)/t24-,26-,29?,30-/m0/s1. The summed E-state index contributed by atoms with van der Waals surface area (Å²) in [5.41, 5.74) is -0.820. The molecule has 1 unspecified atom stereocenters. The van der Waals surface area contributed by atoms with Crippen LogP contribution in [-0.4, -0.2) is 57.1 Å². The fraction of sp³-hybridized carbons (Fsp3) is 0.767. The minimum Gasteiger partial charge on any atom is -0.437 e. The Morgan fingerprint density at radius 3 is 2.17 bits per heavy atom. The number of ether oxygens (including phenoxy) is 5. The van der Waals surface area contributed by atoms with Crippen LogP contribution in [-0.2, 0) is 33.7 Å². The number of hydrogen-bond donors (Lipinski definition) is 1.